The number of rotatable bonds is 3. The van der Waals surface area contributed by atoms with Gasteiger partial charge in [0.2, 0.25) is 0 Å². The summed E-state index contributed by atoms with van der Waals surface area (Å²) in [6.45, 7) is 3.72. The maximum atomic E-state index is 12.0. The van der Waals surface area contributed by atoms with Gasteiger partial charge >= 0.3 is 0 Å². The number of aromatic nitrogens is 2. The first-order chi connectivity index (χ1) is 5.65. The van der Waals surface area contributed by atoms with Gasteiger partial charge in [-0.15, -0.1) is 6.58 Å². The summed E-state index contributed by atoms with van der Waals surface area (Å²) in [5.74, 6) is -0.480. The molecule has 66 valence electrons. The lowest BCUT2D eigenvalue weighted by Gasteiger charge is -1.93. The second-order valence-corrected chi connectivity index (χ2v) is 2.21. The zero-order valence-electron chi connectivity index (χ0n) is 6.24. The van der Waals surface area contributed by atoms with E-state index in [-0.39, 0.29) is 0 Å². The zero-order chi connectivity index (χ0) is 9.14. The quantitative estimate of drug-likeness (QED) is 0.708. The summed E-state index contributed by atoms with van der Waals surface area (Å²) in [5.41, 5.74) is -0.586. The molecule has 0 aliphatic carbocycles. The van der Waals surface area contributed by atoms with Crippen LogP contribution < -0.4 is 0 Å². The Kier molecular flexibility index (Phi) is 2.42. The third-order valence-corrected chi connectivity index (χ3v) is 1.29. The molecule has 0 unspecified atom stereocenters. The van der Waals surface area contributed by atoms with Gasteiger partial charge in [-0.2, -0.15) is 5.10 Å². The van der Waals surface area contributed by atoms with Crippen LogP contribution in [0, 0.1) is 0 Å². The van der Waals surface area contributed by atoms with E-state index < -0.39 is 17.9 Å². The van der Waals surface area contributed by atoms with E-state index in [1.165, 1.54) is 10.8 Å². The lowest BCUT2D eigenvalue weighted by atomic mass is 10.4. The molecule has 1 N–H and O–H groups in total. The molecule has 0 bridgehead atoms. The Labute approximate surface area is 67.9 Å². The summed E-state index contributed by atoms with van der Waals surface area (Å²) in [7, 11) is 0. The first kappa shape index (κ1) is 8.70. The van der Waals surface area contributed by atoms with Gasteiger partial charge in [0, 0.05) is 0 Å². The maximum absolute atomic E-state index is 12.0. The molecule has 0 atom stereocenters. The van der Waals surface area contributed by atoms with Crippen molar-refractivity contribution in [2.45, 2.75) is 13.0 Å². The third-order valence-electron chi connectivity index (χ3n) is 1.29. The number of aromatic hydroxyl groups is 1. The first-order valence-electron chi connectivity index (χ1n) is 3.30. The van der Waals surface area contributed by atoms with Crippen LogP contribution >= 0.6 is 0 Å². The number of halogens is 2. The standard InChI is InChI=1S/C7H8F2N2O/c1-2-3-11-4-5(12)6(10-11)7(8)9/h2,4,7,12H,1,3H2. The number of nitrogens with zero attached hydrogens (tertiary/aromatic N) is 2. The van der Waals surface area contributed by atoms with Crippen LogP contribution in [0.3, 0.4) is 0 Å². The molecule has 0 amide bonds. The average molecular weight is 174 g/mol. The molecule has 1 aromatic rings. The van der Waals surface area contributed by atoms with Crippen molar-refractivity contribution in [2.24, 2.45) is 0 Å². The summed E-state index contributed by atoms with van der Waals surface area (Å²) in [6, 6.07) is 0. The van der Waals surface area contributed by atoms with Crippen molar-refractivity contribution < 1.29 is 13.9 Å². The number of alkyl halides is 2. The molecule has 0 aliphatic rings. The highest BCUT2D eigenvalue weighted by Gasteiger charge is 2.16. The van der Waals surface area contributed by atoms with Gasteiger partial charge in [-0.3, -0.25) is 4.68 Å². The Hall–Kier alpha value is -1.39. The van der Waals surface area contributed by atoms with Gasteiger partial charge in [0.15, 0.2) is 11.4 Å². The van der Waals surface area contributed by atoms with Crippen molar-refractivity contribution >= 4 is 0 Å². The van der Waals surface area contributed by atoms with Gasteiger partial charge in [-0.05, 0) is 0 Å². The fourth-order valence-corrected chi connectivity index (χ4v) is 0.807. The zero-order valence-corrected chi connectivity index (χ0v) is 6.24. The molecule has 5 heteroatoms. The van der Waals surface area contributed by atoms with E-state index in [9.17, 15) is 8.78 Å². The highest BCUT2D eigenvalue weighted by atomic mass is 19.3. The molecule has 0 fully saturated rings. The number of allylic oxidation sites excluding steroid dienone is 1. The Morgan fingerprint density at radius 1 is 1.75 bits per heavy atom. The molecule has 12 heavy (non-hydrogen) atoms. The maximum Gasteiger partial charge on any atom is 0.285 e. The topological polar surface area (TPSA) is 38.0 Å². The van der Waals surface area contributed by atoms with Gasteiger partial charge < -0.3 is 5.11 Å². The van der Waals surface area contributed by atoms with Gasteiger partial charge in [0.1, 0.15) is 0 Å². The van der Waals surface area contributed by atoms with E-state index in [0.29, 0.717) is 6.54 Å². The summed E-state index contributed by atoms with van der Waals surface area (Å²) < 4.78 is 25.2. The molecular weight excluding hydrogens is 166 g/mol. The first-order valence-corrected chi connectivity index (χ1v) is 3.30. The van der Waals surface area contributed by atoms with Crippen LogP contribution in [0.5, 0.6) is 5.75 Å². The molecule has 3 nitrogen and oxygen atoms in total. The highest BCUT2D eigenvalue weighted by Crippen LogP contribution is 2.25. The molecule has 0 radical (unpaired) electrons. The Morgan fingerprint density at radius 3 is 2.83 bits per heavy atom. The summed E-state index contributed by atoms with van der Waals surface area (Å²) in [4.78, 5) is 0. The van der Waals surface area contributed by atoms with Crippen molar-refractivity contribution in [1.29, 1.82) is 0 Å². The van der Waals surface area contributed by atoms with Crippen molar-refractivity contribution in [3.05, 3.63) is 24.5 Å². The lowest BCUT2D eigenvalue weighted by molar-refractivity contribution is 0.141. The smallest absolute Gasteiger partial charge is 0.285 e. The molecule has 0 spiro atoms. The largest absolute Gasteiger partial charge is 0.504 e. The molecule has 1 rings (SSSR count). The van der Waals surface area contributed by atoms with E-state index in [2.05, 4.69) is 11.7 Å². The lowest BCUT2D eigenvalue weighted by Crippen LogP contribution is -1.96. The minimum Gasteiger partial charge on any atom is -0.504 e. The van der Waals surface area contributed by atoms with Crippen LogP contribution in [0.2, 0.25) is 0 Å². The third kappa shape index (κ3) is 1.61. The predicted octanol–water partition coefficient (Wildman–Crippen LogP) is 1.71. The average Bonchev–Trinajstić information content (AvgIpc) is 2.32. The van der Waals surface area contributed by atoms with E-state index in [0.717, 1.165) is 6.20 Å². The number of hydrogen-bond donors (Lipinski definition) is 1. The Morgan fingerprint density at radius 2 is 2.42 bits per heavy atom. The van der Waals surface area contributed by atoms with E-state index in [4.69, 9.17) is 5.11 Å². The second-order valence-electron chi connectivity index (χ2n) is 2.21. The molecule has 0 aliphatic heterocycles. The van der Waals surface area contributed by atoms with Crippen LogP contribution in [0.1, 0.15) is 12.1 Å². The van der Waals surface area contributed by atoms with Gasteiger partial charge in [-0.1, -0.05) is 6.08 Å². The Bertz CT molecular complexity index is 283. The summed E-state index contributed by atoms with van der Waals surface area (Å²) in [5, 5.41) is 12.4. The summed E-state index contributed by atoms with van der Waals surface area (Å²) >= 11 is 0. The van der Waals surface area contributed by atoms with Gasteiger partial charge in [-0.25, -0.2) is 8.78 Å². The molecule has 1 aromatic heterocycles. The van der Waals surface area contributed by atoms with Crippen LogP contribution in [-0.2, 0) is 6.54 Å². The minimum atomic E-state index is -2.74. The van der Waals surface area contributed by atoms with E-state index in [1.807, 2.05) is 0 Å². The van der Waals surface area contributed by atoms with Crippen LogP contribution in [0.4, 0.5) is 8.78 Å². The normalized spacial score (nSPS) is 10.6. The predicted molar refractivity (Wildman–Crippen MR) is 39.0 cm³/mol. The SMILES string of the molecule is C=CCn1cc(O)c(C(F)F)n1. The van der Waals surface area contributed by atoms with Crippen molar-refractivity contribution in [3.63, 3.8) is 0 Å². The molecule has 0 aromatic carbocycles. The highest BCUT2D eigenvalue weighted by molar-refractivity contribution is 5.23. The number of hydrogen-bond acceptors (Lipinski definition) is 2. The van der Waals surface area contributed by atoms with Gasteiger partial charge in [0.25, 0.3) is 6.43 Å². The molecule has 0 saturated heterocycles. The van der Waals surface area contributed by atoms with E-state index >= 15 is 0 Å². The second kappa shape index (κ2) is 3.34. The van der Waals surface area contributed by atoms with Crippen LogP contribution in [0.15, 0.2) is 18.9 Å². The fourth-order valence-electron chi connectivity index (χ4n) is 0.807. The van der Waals surface area contributed by atoms with Crippen molar-refractivity contribution in [3.8, 4) is 5.75 Å². The monoisotopic (exact) mass is 174 g/mol. The van der Waals surface area contributed by atoms with Crippen LogP contribution in [0.25, 0.3) is 0 Å². The fraction of sp³-hybridized carbons (Fsp3) is 0.286. The molecule has 1 heterocycles. The minimum absolute atomic E-state index is 0.306. The van der Waals surface area contributed by atoms with E-state index in [1.54, 1.807) is 0 Å². The Balaban J connectivity index is 2.92. The van der Waals surface area contributed by atoms with Crippen molar-refractivity contribution in [2.75, 3.05) is 0 Å². The van der Waals surface area contributed by atoms with Gasteiger partial charge in [0.05, 0.1) is 12.7 Å². The summed E-state index contributed by atoms with van der Waals surface area (Å²) in [6.07, 6.45) is -0.0960. The van der Waals surface area contributed by atoms with Crippen LogP contribution in [-0.4, -0.2) is 14.9 Å². The molecule has 0 saturated carbocycles. The van der Waals surface area contributed by atoms with Crippen molar-refractivity contribution in [1.82, 2.24) is 9.78 Å². The molecular formula is C7H8F2N2O.